The third kappa shape index (κ3) is 4.14. The van der Waals surface area contributed by atoms with Crippen LogP contribution in [0.2, 0.25) is 0 Å². The fourth-order valence-corrected chi connectivity index (χ4v) is 3.63. The lowest BCUT2D eigenvalue weighted by molar-refractivity contribution is -0.384. The number of halogens is 1. The molecule has 1 heterocycles. The molecule has 0 saturated carbocycles. The lowest BCUT2D eigenvalue weighted by Gasteiger charge is -2.37. The number of hydrogen-bond acceptors (Lipinski definition) is 4. The number of thioether (sulfide) groups is 1. The molecule has 22 heavy (non-hydrogen) atoms. The first kappa shape index (κ1) is 18.8. The van der Waals surface area contributed by atoms with Gasteiger partial charge in [-0.1, -0.05) is 25.6 Å². The van der Waals surface area contributed by atoms with E-state index >= 15 is 0 Å². The fraction of sp³-hybridized carbons (Fsp3) is 0.533. The molecule has 2 rings (SSSR count). The molecule has 0 aromatic heterocycles. The average Bonchev–Trinajstić information content (AvgIpc) is 2.42. The third-order valence-corrected chi connectivity index (χ3v) is 4.90. The first-order valence-corrected chi connectivity index (χ1v) is 8.08. The van der Waals surface area contributed by atoms with Crippen LogP contribution in [0.25, 0.3) is 0 Å². The number of non-ortho nitro benzene ring substituents is 1. The molecule has 0 radical (unpaired) electrons. The van der Waals surface area contributed by atoms with Gasteiger partial charge in [-0.05, 0) is 30.9 Å². The number of nitrogens with zero attached hydrogens (tertiary/aromatic N) is 3. The molecule has 0 aliphatic carbocycles. The van der Waals surface area contributed by atoms with E-state index in [-0.39, 0.29) is 23.0 Å². The van der Waals surface area contributed by atoms with E-state index in [1.54, 1.807) is 23.9 Å². The summed E-state index contributed by atoms with van der Waals surface area (Å²) in [5.74, 6) is 1.65. The van der Waals surface area contributed by atoms with Gasteiger partial charge < -0.3 is 4.90 Å². The first-order chi connectivity index (χ1) is 9.90. The van der Waals surface area contributed by atoms with Crippen molar-refractivity contribution in [2.24, 2.45) is 10.9 Å². The van der Waals surface area contributed by atoms with E-state index in [2.05, 4.69) is 25.8 Å². The smallest absolute Gasteiger partial charge is 0.269 e. The predicted octanol–water partition coefficient (Wildman–Crippen LogP) is 4.41. The highest BCUT2D eigenvalue weighted by molar-refractivity contribution is 8.13. The third-order valence-electron chi connectivity index (χ3n) is 3.82. The van der Waals surface area contributed by atoms with Gasteiger partial charge in [0.1, 0.15) is 0 Å². The van der Waals surface area contributed by atoms with E-state index < -0.39 is 0 Å². The molecule has 7 heteroatoms. The molecule has 1 aliphatic rings. The summed E-state index contributed by atoms with van der Waals surface area (Å²) in [5.41, 5.74) is 1.75. The second kappa shape index (κ2) is 7.83. The summed E-state index contributed by atoms with van der Waals surface area (Å²) in [6, 6.07) is 5.32. The highest BCUT2D eigenvalue weighted by atomic mass is 35.5. The Kier molecular flexibility index (Phi) is 6.68. The molecule has 0 unspecified atom stereocenters. The number of hydrogen-bond donors (Lipinski definition) is 0. The van der Waals surface area contributed by atoms with E-state index in [0.29, 0.717) is 12.0 Å². The molecule has 1 fully saturated rings. The van der Waals surface area contributed by atoms with Gasteiger partial charge in [0.15, 0.2) is 5.17 Å². The van der Waals surface area contributed by atoms with Crippen LogP contribution < -0.4 is 0 Å². The zero-order chi connectivity index (χ0) is 15.6. The number of amidine groups is 1. The zero-order valence-corrected chi connectivity index (χ0v) is 14.9. The van der Waals surface area contributed by atoms with Gasteiger partial charge in [0, 0.05) is 31.0 Å². The molecule has 0 bridgehead atoms. The van der Waals surface area contributed by atoms with E-state index in [1.807, 2.05) is 6.92 Å². The van der Waals surface area contributed by atoms with E-state index in [1.165, 1.54) is 6.07 Å². The van der Waals surface area contributed by atoms with Gasteiger partial charge in [-0.15, -0.1) is 12.4 Å². The SMILES string of the molecule is Cc1cc([N+](=O)[O-])ccc1N=C1SCC[C@H](C(C)C)N1C.Cl. The van der Waals surface area contributed by atoms with Crippen LogP contribution in [0, 0.1) is 23.0 Å². The lowest BCUT2D eigenvalue weighted by Crippen LogP contribution is -2.42. The average molecular weight is 344 g/mol. The van der Waals surface area contributed by atoms with Crippen molar-refractivity contribution in [3.05, 3.63) is 33.9 Å². The van der Waals surface area contributed by atoms with Crippen LogP contribution in [-0.4, -0.2) is 33.8 Å². The second-order valence-corrected chi connectivity index (χ2v) is 6.74. The summed E-state index contributed by atoms with van der Waals surface area (Å²) in [4.78, 5) is 17.4. The number of nitro benzene ring substituents is 1. The molecule has 122 valence electrons. The minimum absolute atomic E-state index is 0. The molecule has 0 N–H and O–H groups in total. The largest absolute Gasteiger partial charge is 0.351 e. The Balaban J connectivity index is 0.00000242. The van der Waals surface area contributed by atoms with E-state index in [4.69, 9.17) is 4.99 Å². The van der Waals surface area contributed by atoms with Crippen LogP contribution in [-0.2, 0) is 0 Å². The Labute approximate surface area is 141 Å². The number of rotatable bonds is 3. The van der Waals surface area contributed by atoms with Crippen LogP contribution in [0.4, 0.5) is 11.4 Å². The monoisotopic (exact) mass is 343 g/mol. The summed E-state index contributed by atoms with van der Waals surface area (Å²) >= 11 is 1.75. The summed E-state index contributed by atoms with van der Waals surface area (Å²) in [6.45, 7) is 6.32. The van der Waals surface area contributed by atoms with Crippen molar-refractivity contribution in [1.82, 2.24) is 4.90 Å². The van der Waals surface area contributed by atoms with Gasteiger partial charge in [-0.25, -0.2) is 4.99 Å². The number of nitro groups is 1. The van der Waals surface area contributed by atoms with Crippen molar-refractivity contribution >= 4 is 40.7 Å². The van der Waals surface area contributed by atoms with Crippen molar-refractivity contribution < 1.29 is 4.92 Å². The quantitative estimate of drug-likeness (QED) is 0.602. The van der Waals surface area contributed by atoms with Gasteiger partial charge in [-0.2, -0.15) is 0 Å². The Morgan fingerprint density at radius 1 is 1.45 bits per heavy atom. The van der Waals surface area contributed by atoms with Crippen molar-refractivity contribution in [1.29, 1.82) is 0 Å². The highest BCUT2D eigenvalue weighted by Crippen LogP contribution is 2.30. The maximum atomic E-state index is 10.8. The normalized spacial score (nSPS) is 20.1. The van der Waals surface area contributed by atoms with Gasteiger partial charge in [0.05, 0.1) is 10.6 Å². The van der Waals surface area contributed by atoms with Crippen molar-refractivity contribution in [2.75, 3.05) is 12.8 Å². The molecule has 1 atom stereocenters. The molecule has 5 nitrogen and oxygen atoms in total. The molecule has 1 saturated heterocycles. The van der Waals surface area contributed by atoms with Crippen LogP contribution in [0.5, 0.6) is 0 Å². The molecule has 0 spiro atoms. The van der Waals surface area contributed by atoms with E-state index in [0.717, 1.165) is 28.6 Å². The first-order valence-electron chi connectivity index (χ1n) is 7.09. The van der Waals surface area contributed by atoms with Gasteiger partial charge in [-0.3, -0.25) is 10.1 Å². The maximum Gasteiger partial charge on any atom is 0.269 e. The number of aryl methyl sites for hydroxylation is 1. The van der Waals surface area contributed by atoms with Crippen LogP contribution in [0.3, 0.4) is 0 Å². The predicted molar refractivity (Wildman–Crippen MR) is 95.6 cm³/mol. The second-order valence-electron chi connectivity index (χ2n) is 5.68. The molecule has 1 aromatic carbocycles. The van der Waals surface area contributed by atoms with Crippen LogP contribution in [0.15, 0.2) is 23.2 Å². The topological polar surface area (TPSA) is 58.7 Å². The van der Waals surface area contributed by atoms with Gasteiger partial charge >= 0.3 is 0 Å². The Hall–Kier alpha value is -1.27. The minimum Gasteiger partial charge on any atom is -0.351 e. The number of aliphatic imine (C=N–C) groups is 1. The van der Waals surface area contributed by atoms with Crippen molar-refractivity contribution in [2.45, 2.75) is 33.2 Å². The summed E-state index contributed by atoms with van der Waals surface area (Å²) in [7, 11) is 2.08. The Morgan fingerprint density at radius 2 is 2.14 bits per heavy atom. The maximum absolute atomic E-state index is 10.8. The van der Waals surface area contributed by atoms with Crippen molar-refractivity contribution in [3.63, 3.8) is 0 Å². The number of benzene rings is 1. The van der Waals surface area contributed by atoms with Gasteiger partial charge in [0.25, 0.3) is 5.69 Å². The summed E-state index contributed by atoms with van der Waals surface area (Å²) < 4.78 is 0. The molecule has 1 aliphatic heterocycles. The summed E-state index contributed by atoms with van der Waals surface area (Å²) in [6.07, 6.45) is 1.16. The highest BCUT2D eigenvalue weighted by Gasteiger charge is 2.26. The Morgan fingerprint density at radius 3 is 2.68 bits per heavy atom. The zero-order valence-electron chi connectivity index (χ0n) is 13.3. The van der Waals surface area contributed by atoms with Crippen molar-refractivity contribution in [3.8, 4) is 0 Å². The van der Waals surface area contributed by atoms with E-state index in [9.17, 15) is 10.1 Å². The van der Waals surface area contributed by atoms with Crippen LogP contribution >= 0.6 is 24.2 Å². The summed E-state index contributed by atoms with van der Waals surface area (Å²) in [5, 5.41) is 11.8. The molecular weight excluding hydrogens is 322 g/mol. The van der Waals surface area contributed by atoms with Crippen LogP contribution in [0.1, 0.15) is 25.8 Å². The fourth-order valence-electron chi connectivity index (χ4n) is 2.58. The van der Waals surface area contributed by atoms with Gasteiger partial charge in [0.2, 0.25) is 0 Å². The molecule has 1 aromatic rings. The lowest BCUT2D eigenvalue weighted by atomic mass is 10.0. The Bertz CT molecular complexity index is 578. The molecule has 0 amide bonds. The molecular formula is C15H22ClN3O2S. The minimum atomic E-state index is -0.375. The standard InChI is InChI=1S/C15H21N3O2S.ClH/c1-10(2)14-7-8-21-15(17(14)4)16-13-6-5-12(18(19)20)9-11(13)3;/h5-6,9-10,14H,7-8H2,1-4H3;1H/t14-;/m1./s1.